The number of hydrogen-bond donors (Lipinski definition) is 1. The summed E-state index contributed by atoms with van der Waals surface area (Å²) in [7, 11) is 0. The number of rotatable bonds is 4. The second-order valence-electron chi connectivity index (χ2n) is 7.50. The summed E-state index contributed by atoms with van der Waals surface area (Å²) < 4.78 is 13.1. The predicted octanol–water partition coefficient (Wildman–Crippen LogP) is 7.75. The summed E-state index contributed by atoms with van der Waals surface area (Å²) in [6.45, 7) is 0. The number of anilines is 1. The smallest absolute Gasteiger partial charge is 0.138 e. The first-order valence-electron chi connectivity index (χ1n) is 10.2. The van der Waals surface area contributed by atoms with Crippen molar-refractivity contribution in [3.05, 3.63) is 96.5 Å². The van der Waals surface area contributed by atoms with Crippen molar-refractivity contribution in [2.75, 3.05) is 5.73 Å². The van der Waals surface area contributed by atoms with Crippen LogP contribution < -0.4 is 10.5 Å². The fourth-order valence-corrected chi connectivity index (χ4v) is 5.00. The zero-order chi connectivity index (χ0) is 21.5. The SMILES string of the molecule is Nc1ncc(-c2cc3ccccc3o2)c2scc(-c3ccc(Oc4ccccc4)cc3)c12. The fraction of sp³-hybridized carbons (Fsp3) is 0. The van der Waals surface area contributed by atoms with Crippen LogP contribution in [-0.2, 0) is 0 Å². The van der Waals surface area contributed by atoms with Gasteiger partial charge in [0.25, 0.3) is 0 Å². The van der Waals surface area contributed by atoms with Crippen molar-refractivity contribution < 1.29 is 9.15 Å². The van der Waals surface area contributed by atoms with Gasteiger partial charge in [-0.15, -0.1) is 11.3 Å². The highest BCUT2D eigenvalue weighted by atomic mass is 32.1. The Kier molecular flexibility index (Phi) is 4.40. The van der Waals surface area contributed by atoms with Crippen molar-refractivity contribution in [2.24, 2.45) is 0 Å². The maximum absolute atomic E-state index is 6.33. The number of fused-ring (bicyclic) bond motifs is 2. The summed E-state index contributed by atoms with van der Waals surface area (Å²) in [5.41, 5.74) is 10.3. The van der Waals surface area contributed by atoms with Gasteiger partial charge < -0.3 is 14.9 Å². The molecule has 6 rings (SSSR count). The molecule has 0 radical (unpaired) electrons. The van der Waals surface area contributed by atoms with Crippen molar-refractivity contribution in [1.29, 1.82) is 0 Å². The lowest BCUT2D eigenvalue weighted by Crippen LogP contribution is -1.92. The van der Waals surface area contributed by atoms with Crippen LogP contribution in [0.15, 0.2) is 101 Å². The third-order valence-electron chi connectivity index (χ3n) is 5.46. The van der Waals surface area contributed by atoms with E-state index in [1.165, 1.54) is 0 Å². The molecule has 0 unspecified atom stereocenters. The van der Waals surface area contributed by atoms with Crippen LogP contribution in [0.3, 0.4) is 0 Å². The zero-order valence-electron chi connectivity index (χ0n) is 17.0. The van der Waals surface area contributed by atoms with Crippen molar-refractivity contribution in [3.8, 4) is 33.9 Å². The van der Waals surface area contributed by atoms with Crippen LogP contribution in [0.5, 0.6) is 11.5 Å². The van der Waals surface area contributed by atoms with E-state index >= 15 is 0 Å². The van der Waals surface area contributed by atoms with E-state index in [-0.39, 0.29) is 0 Å². The van der Waals surface area contributed by atoms with Crippen LogP contribution in [0.1, 0.15) is 0 Å². The van der Waals surface area contributed by atoms with Crippen molar-refractivity contribution in [3.63, 3.8) is 0 Å². The van der Waals surface area contributed by atoms with Gasteiger partial charge in [-0.25, -0.2) is 4.98 Å². The van der Waals surface area contributed by atoms with Gasteiger partial charge in [0, 0.05) is 22.5 Å². The number of ether oxygens (including phenoxy) is 1. The molecule has 0 aliphatic carbocycles. The molecule has 32 heavy (non-hydrogen) atoms. The normalized spacial score (nSPS) is 11.2. The van der Waals surface area contributed by atoms with Crippen molar-refractivity contribution >= 4 is 38.2 Å². The summed E-state index contributed by atoms with van der Waals surface area (Å²) in [5.74, 6) is 2.91. The molecule has 3 aromatic heterocycles. The average molecular weight is 435 g/mol. The van der Waals surface area contributed by atoms with E-state index < -0.39 is 0 Å². The molecule has 0 amide bonds. The number of thiophene rings is 1. The number of nitrogens with two attached hydrogens (primary N) is 1. The van der Waals surface area contributed by atoms with Crippen LogP contribution in [0.2, 0.25) is 0 Å². The molecule has 0 aliphatic heterocycles. The van der Waals surface area contributed by atoms with Gasteiger partial charge >= 0.3 is 0 Å². The van der Waals surface area contributed by atoms with Gasteiger partial charge in [-0.3, -0.25) is 0 Å². The van der Waals surface area contributed by atoms with Gasteiger partial charge in [-0.2, -0.15) is 0 Å². The van der Waals surface area contributed by atoms with E-state index in [9.17, 15) is 0 Å². The number of para-hydroxylation sites is 2. The van der Waals surface area contributed by atoms with Crippen molar-refractivity contribution in [1.82, 2.24) is 4.98 Å². The van der Waals surface area contributed by atoms with Crippen LogP contribution in [0.25, 0.3) is 43.5 Å². The topological polar surface area (TPSA) is 61.3 Å². The van der Waals surface area contributed by atoms with Gasteiger partial charge in [0.05, 0.1) is 10.3 Å². The zero-order valence-corrected chi connectivity index (χ0v) is 17.8. The lowest BCUT2D eigenvalue weighted by molar-refractivity contribution is 0.483. The highest BCUT2D eigenvalue weighted by Gasteiger charge is 2.17. The molecule has 0 saturated heterocycles. The summed E-state index contributed by atoms with van der Waals surface area (Å²) in [5, 5.41) is 4.14. The standard InChI is InChI=1S/C27H18N2O2S/c28-27-25-22(17-10-12-20(13-11-17)30-19-7-2-1-3-8-19)16-32-26(25)21(15-29-27)24-14-18-6-4-5-9-23(18)31-24/h1-16H,(H2,28,29). The number of benzene rings is 3. The first-order chi connectivity index (χ1) is 15.8. The molecule has 0 saturated carbocycles. The number of nitrogen functional groups attached to an aromatic ring is 1. The Morgan fingerprint density at radius 1 is 0.812 bits per heavy atom. The quantitative estimate of drug-likeness (QED) is 0.308. The second kappa shape index (κ2) is 7.55. The van der Waals surface area contributed by atoms with Gasteiger partial charge in [0.1, 0.15) is 28.7 Å². The third kappa shape index (κ3) is 3.20. The Balaban J connectivity index is 1.40. The predicted molar refractivity (Wildman–Crippen MR) is 131 cm³/mol. The first-order valence-corrected chi connectivity index (χ1v) is 11.1. The Morgan fingerprint density at radius 3 is 2.38 bits per heavy atom. The molecule has 0 fully saturated rings. The highest BCUT2D eigenvalue weighted by Crippen LogP contribution is 2.43. The average Bonchev–Trinajstić information content (AvgIpc) is 3.46. The molecule has 3 heterocycles. The fourth-order valence-electron chi connectivity index (χ4n) is 3.90. The van der Waals surface area contributed by atoms with Crippen LogP contribution in [0.4, 0.5) is 5.82 Å². The number of nitrogens with zero attached hydrogens (tertiary/aromatic N) is 1. The molecule has 4 nitrogen and oxygen atoms in total. The maximum atomic E-state index is 6.33. The van der Waals surface area contributed by atoms with Crippen LogP contribution in [-0.4, -0.2) is 4.98 Å². The molecule has 2 N–H and O–H groups in total. The number of furan rings is 1. The summed E-state index contributed by atoms with van der Waals surface area (Å²) in [6, 6.07) is 27.8. The molecule has 0 atom stereocenters. The Labute approximate surface area is 188 Å². The van der Waals surface area contributed by atoms with E-state index in [1.807, 2.05) is 78.9 Å². The molecule has 154 valence electrons. The van der Waals surface area contributed by atoms with Gasteiger partial charge in [-0.05, 0) is 47.3 Å². The molecular weight excluding hydrogens is 416 g/mol. The number of aromatic nitrogens is 1. The van der Waals surface area contributed by atoms with E-state index in [4.69, 9.17) is 14.9 Å². The minimum Gasteiger partial charge on any atom is -0.457 e. The molecular formula is C27H18N2O2S. The van der Waals surface area contributed by atoms with Gasteiger partial charge in [0.15, 0.2) is 0 Å². The summed E-state index contributed by atoms with van der Waals surface area (Å²) in [4.78, 5) is 4.49. The molecule has 0 bridgehead atoms. The Morgan fingerprint density at radius 2 is 1.56 bits per heavy atom. The molecule has 3 aromatic carbocycles. The molecule has 5 heteroatoms. The Bertz CT molecular complexity index is 1520. The first kappa shape index (κ1) is 18.7. The van der Waals surface area contributed by atoms with E-state index in [0.717, 1.165) is 55.0 Å². The molecule has 0 aliphatic rings. The Hall–Kier alpha value is -4.09. The van der Waals surface area contributed by atoms with Crippen LogP contribution in [0, 0.1) is 0 Å². The van der Waals surface area contributed by atoms with Crippen LogP contribution >= 0.6 is 11.3 Å². The largest absolute Gasteiger partial charge is 0.457 e. The highest BCUT2D eigenvalue weighted by molar-refractivity contribution is 7.18. The maximum Gasteiger partial charge on any atom is 0.138 e. The summed E-state index contributed by atoms with van der Waals surface area (Å²) in [6.07, 6.45) is 1.80. The molecule has 0 spiro atoms. The van der Waals surface area contributed by atoms with Gasteiger partial charge in [0.2, 0.25) is 0 Å². The second-order valence-corrected chi connectivity index (χ2v) is 8.38. The van der Waals surface area contributed by atoms with Crippen molar-refractivity contribution in [2.45, 2.75) is 0 Å². The lowest BCUT2D eigenvalue weighted by atomic mass is 10.0. The molecule has 6 aromatic rings. The van der Waals surface area contributed by atoms with E-state index in [2.05, 4.69) is 16.4 Å². The lowest BCUT2D eigenvalue weighted by Gasteiger charge is -2.07. The van der Waals surface area contributed by atoms with E-state index in [0.29, 0.717) is 5.82 Å². The third-order valence-corrected chi connectivity index (χ3v) is 6.47. The van der Waals surface area contributed by atoms with Gasteiger partial charge in [-0.1, -0.05) is 48.5 Å². The summed E-state index contributed by atoms with van der Waals surface area (Å²) >= 11 is 1.65. The minimum absolute atomic E-state index is 0.515. The van der Waals surface area contributed by atoms with E-state index in [1.54, 1.807) is 17.5 Å². The number of hydrogen-bond acceptors (Lipinski definition) is 5. The minimum atomic E-state index is 0.515. The monoisotopic (exact) mass is 434 g/mol. The number of pyridine rings is 1.